The molecule has 6 rings (SSSR count). The Hall–Kier alpha value is -2.06. The second-order valence-electron chi connectivity index (χ2n) is 11.1. The Bertz CT molecular complexity index is 1090. The predicted octanol–water partition coefficient (Wildman–Crippen LogP) is 1.99. The maximum Gasteiger partial charge on any atom is 0.277 e. The number of hydrogen-bond acceptors (Lipinski definition) is 5. The Morgan fingerprint density at radius 3 is 2.51 bits per heavy atom. The van der Waals surface area contributed by atoms with Gasteiger partial charge < -0.3 is 10.2 Å². The number of rotatable bonds is 9. The molecule has 0 aromatic heterocycles. The Balaban J connectivity index is 1.21. The summed E-state index contributed by atoms with van der Waals surface area (Å²) < 4.78 is 44.7. The number of likely N-dealkylation sites (tertiary alicyclic amines) is 1. The Morgan fingerprint density at radius 2 is 1.83 bits per heavy atom. The predicted molar refractivity (Wildman–Crippen MR) is 129 cm³/mol. The maximum atomic E-state index is 13.1. The second kappa shape index (κ2) is 9.43. The quantitative estimate of drug-likeness (QED) is 0.477. The van der Waals surface area contributed by atoms with Gasteiger partial charge in [-0.3, -0.25) is 4.79 Å². The van der Waals surface area contributed by atoms with Crippen LogP contribution < -0.4 is 14.8 Å². The standard InChI is InChI=1S/C25H34FN5O3S/c26-21-5-3-18(4-6-21)7-8-29-35(33,34)30-25-13-19-10-20(14-25)12-24(11-19,17-25)28-16-23(32)31-9-1-2-22(31)15-27/h3-6,19-20,22,28-30H,1-2,7-14,16-17H2/t19?,20?,22-,24?,25?/m0/s1. The molecule has 5 aliphatic rings. The molecule has 1 aliphatic heterocycles. The number of carbonyl (C=O) groups is 1. The third kappa shape index (κ3) is 5.38. The van der Waals surface area contributed by atoms with Gasteiger partial charge >= 0.3 is 0 Å². The van der Waals surface area contributed by atoms with E-state index in [1.54, 1.807) is 17.0 Å². The van der Waals surface area contributed by atoms with Crippen LogP contribution in [0.15, 0.2) is 24.3 Å². The highest BCUT2D eigenvalue weighted by atomic mass is 32.2. The van der Waals surface area contributed by atoms with Crippen LogP contribution in [-0.2, 0) is 21.4 Å². The summed E-state index contributed by atoms with van der Waals surface area (Å²) in [5.74, 6) is 0.507. The van der Waals surface area contributed by atoms with Crippen LogP contribution in [0, 0.1) is 29.0 Å². The number of carbonyl (C=O) groups excluding carboxylic acids is 1. The van der Waals surface area contributed by atoms with E-state index >= 15 is 0 Å². The van der Waals surface area contributed by atoms with E-state index in [4.69, 9.17) is 0 Å². The Morgan fingerprint density at radius 1 is 1.14 bits per heavy atom. The molecule has 2 unspecified atom stereocenters. The van der Waals surface area contributed by atoms with Crippen molar-refractivity contribution < 1.29 is 17.6 Å². The zero-order valence-electron chi connectivity index (χ0n) is 19.9. The first-order valence-corrected chi connectivity index (χ1v) is 14.1. The van der Waals surface area contributed by atoms with Crippen molar-refractivity contribution in [1.82, 2.24) is 19.7 Å². The zero-order chi connectivity index (χ0) is 24.7. The van der Waals surface area contributed by atoms with E-state index in [-0.39, 0.29) is 36.4 Å². The lowest BCUT2D eigenvalue weighted by atomic mass is 9.50. The Kier molecular flexibility index (Phi) is 6.64. The van der Waals surface area contributed by atoms with Crippen molar-refractivity contribution in [2.24, 2.45) is 11.8 Å². The summed E-state index contributed by atoms with van der Waals surface area (Å²) in [6.07, 6.45) is 7.41. The van der Waals surface area contributed by atoms with E-state index in [0.29, 0.717) is 31.2 Å². The molecular formula is C25H34FN5O3S. The van der Waals surface area contributed by atoms with Crippen LogP contribution in [0.5, 0.6) is 0 Å². The SMILES string of the molecule is N#C[C@@H]1CCCN1C(=O)CNC12CC3CC(C1)CC(NS(=O)(=O)NCCc1ccc(F)cc1)(C3)C2. The van der Waals surface area contributed by atoms with Crippen molar-refractivity contribution in [1.29, 1.82) is 5.26 Å². The van der Waals surface area contributed by atoms with Crippen LogP contribution in [-0.4, -0.2) is 56.0 Å². The fraction of sp³-hybridized carbons (Fsp3) is 0.680. The fourth-order valence-electron chi connectivity index (χ4n) is 7.45. The van der Waals surface area contributed by atoms with Gasteiger partial charge in [0.25, 0.3) is 10.2 Å². The molecule has 4 saturated carbocycles. The monoisotopic (exact) mass is 503 g/mol. The molecule has 1 aromatic rings. The molecule has 3 N–H and O–H groups in total. The van der Waals surface area contributed by atoms with Crippen LogP contribution in [0.3, 0.4) is 0 Å². The van der Waals surface area contributed by atoms with Crippen molar-refractivity contribution in [3.05, 3.63) is 35.6 Å². The first-order chi connectivity index (χ1) is 16.7. The van der Waals surface area contributed by atoms with Gasteiger partial charge in [-0.15, -0.1) is 0 Å². The highest BCUT2D eigenvalue weighted by Crippen LogP contribution is 2.57. The molecule has 8 nitrogen and oxygen atoms in total. The van der Waals surface area contributed by atoms with Gasteiger partial charge in [0.05, 0.1) is 12.6 Å². The van der Waals surface area contributed by atoms with Crippen molar-refractivity contribution in [3.8, 4) is 6.07 Å². The minimum atomic E-state index is -3.72. The maximum absolute atomic E-state index is 13.1. The molecule has 10 heteroatoms. The van der Waals surface area contributed by atoms with Crippen LogP contribution in [0.4, 0.5) is 4.39 Å². The molecule has 1 amide bonds. The van der Waals surface area contributed by atoms with Gasteiger partial charge in [0.2, 0.25) is 5.91 Å². The summed E-state index contributed by atoms with van der Waals surface area (Å²) in [4.78, 5) is 14.5. The molecule has 5 fully saturated rings. The topological polar surface area (TPSA) is 114 Å². The first kappa shape index (κ1) is 24.6. The lowest BCUT2D eigenvalue weighted by molar-refractivity contribution is -0.131. The molecule has 35 heavy (non-hydrogen) atoms. The van der Waals surface area contributed by atoms with Gasteiger partial charge in [-0.1, -0.05) is 12.1 Å². The van der Waals surface area contributed by atoms with Crippen LogP contribution in [0.2, 0.25) is 0 Å². The van der Waals surface area contributed by atoms with E-state index in [1.807, 2.05) is 0 Å². The number of nitrogens with zero attached hydrogens (tertiary/aromatic N) is 2. The zero-order valence-corrected chi connectivity index (χ0v) is 20.7. The average molecular weight is 504 g/mol. The van der Waals surface area contributed by atoms with E-state index in [9.17, 15) is 22.9 Å². The highest BCUT2D eigenvalue weighted by Gasteiger charge is 2.58. The van der Waals surface area contributed by atoms with Crippen molar-refractivity contribution in [2.45, 2.75) is 74.9 Å². The van der Waals surface area contributed by atoms with Gasteiger partial charge in [0.15, 0.2) is 0 Å². The molecule has 3 atom stereocenters. The van der Waals surface area contributed by atoms with E-state index in [1.165, 1.54) is 12.1 Å². The number of halogens is 1. The van der Waals surface area contributed by atoms with E-state index < -0.39 is 15.7 Å². The third-order valence-corrected chi connectivity index (χ3v) is 9.65. The fourth-order valence-corrected chi connectivity index (χ4v) is 8.71. The molecule has 4 aliphatic carbocycles. The van der Waals surface area contributed by atoms with Crippen molar-refractivity contribution in [3.63, 3.8) is 0 Å². The summed E-state index contributed by atoms with van der Waals surface area (Å²) in [6.45, 7) is 1.05. The summed E-state index contributed by atoms with van der Waals surface area (Å²) in [5, 5.41) is 12.9. The number of hydrogen-bond donors (Lipinski definition) is 3. The first-order valence-electron chi connectivity index (χ1n) is 12.7. The van der Waals surface area contributed by atoms with E-state index in [0.717, 1.165) is 50.5 Å². The number of benzene rings is 1. The third-order valence-electron chi connectivity index (χ3n) is 8.37. The van der Waals surface area contributed by atoms with E-state index in [2.05, 4.69) is 20.8 Å². The molecule has 0 spiro atoms. The highest BCUT2D eigenvalue weighted by molar-refractivity contribution is 7.87. The summed E-state index contributed by atoms with van der Waals surface area (Å²) in [6, 6.07) is 7.96. The average Bonchev–Trinajstić information content (AvgIpc) is 3.26. The number of nitriles is 1. The minimum absolute atomic E-state index is 0.0399. The summed E-state index contributed by atoms with van der Waals surface area (Å²) in [5.41, 5.74) is 0.108. The minimum Gasteiger partial charge on any atom is -0.326 e. The van der Waals surface area contributed by atoms with Crippen LogP contribution in [0.25, 0.3) is 0 Å². The van der Waals surface area contributed by atoms with Crippen LogP contribution >= 0.6 is 0 Å². The largest absolute Gasteiger partial charge is 0.326 e. The normalized spacial score (nSPS) is 33.7. The van der Waals surface area contributed by atoms with Gasteiger partial charge in [-0.2, -0.15) is 18.4 Å². The molecule has 0 radical (unpaired) electrons. The van der Waals surface area contributed by atoms with Crippen molar-refractivity contribution in [2.75, 3.05) is 19.6 Å². The molecule has 190 valence electrons. The molecule has 1 heterocycles. The van der Waals surface area contributed by atoms with Crippen molar-refractivity contribution >= 4 is 16.1 Å². The second-order valence-corrected chi connectivity index (χ2v) is 12.6. The smallest absolute Gasteiger partial charge is 0.277 e. The molecule has 1 saturated heterocycles. The van der Waals surface area contributed by atoms with Gasteiger partial charge in [0, 0.05) is 24.2 Å². The number of nitrogens with one attached hydrogen (secondary N) is 3. The van der Waals surface area contributed by atoms with Gasteiger partial charge in [0.1, 0.15) is 11.9 Å². The van der Waals surface area contributed by atoms with Crippen LogP contribution in [0.1, 0.15) is 56.9 Å². The lowest BCUT2D eigenvalue weighted by Crippen LogP contribution is -2.70. The number of amides is 1. The molecule has 4 bridgehead atoms. The Labute approximate surface area is 206 Å². The summed E-state index contributed by atoms with van der Waals surface area (Å²) >= 11 is 0. The van der Waals surface area contributed by atoms with Gasteiger partial charge in [-0.05, 0) is 87.3 Å². The lowest BCUT2D eigenvalue weighted by Gasteiger charge is -2.62. The molecule has 1 aromatic carbocycles. The molecular weight excluding hydrogens is 469 g/mol. The van der Waals surface area contributed by atoms with Gasteiger partial charge in [-0.25, -0.2) is 9.11 Å². The summed E-state index contributed by atoms with van der Waals surface area (Å²) in [7, 11) is -3.72.